The fourth-order valence-electron chi connectivity index (χ4n) is 4.10. The second kappa shape index (κ2) is 14.9. The average Bonchev–Trinajstić information content (AvgIpc) is 3.53. The molecule has 0 radical (unpaired) electrons. The SMILES string of the molecule is CC(C)C(=O)Nc1nc(OCc2ccccc2)c2nc(Br)n([C@H]3C[C@H](OO[Si](C)(C)C(C)(C)C)[C@@H](COO[Si](C)(C)C(C)(C)C)O3)c2n1. The van der Waals surface area contributed by atoms with Crippen LogP contribution in [0.3, 0.4) is 0 Å². The molecule has 0 aliphatic carbocycles. The maximum atomic E-state index is 12.7. The van der Waals surface area contributed by atoms with E-state index in [2.05, 4.69) is 94.0 Å². The van der Waals surface area contributed by atoms with Gasteiger partial charge in [-0.3, -0.25) is 23.8 Å². The van der Waals surface area contributed by atoms with Gasteiger partial charge in [-0.05, 0) is 57.8 Å². The lowest BCUT2D eigenvalue weighted by atomic mass is 10.2. The number of fused-ring (bicyclic) bond motifs is 1. The summed E-state index contributed by atoms with van der Waals surface area (Å²) >= 11 is 3.63. The molecule has 3 atom stereocenters. The van der Waals surface area contributed by atoms with Crippen molar-refractivity contribution in [1.29, 1.82) is 0 Å². The summed E-state index contributed by atoms with van der Waals surface area (Å²) in [5.74, 6) is -0.161. The molecule has 266 valence electrons. The third-order valence-corrected chi connectivity index (χ3v) is 18.2. The van der Waals surface area contributed by atoms with Crippen LogP contribution in [0.5, 0.6) is 5.88 Å². The molecule has 3 heterocycles. The molecule has 1 aromatic carbocycles. The highest BCUT2D eigenvalue weighted by Crippen LogP contribution is 2.41. The van der Waals surface area contributed by atoms with Crippen LogP contribution in [0.4, 0.5) is 5.95 Å². The first-order valence-corrected chi connectivity index (χ1v) is 23.0. The molecule has 2 aromatic heterocycles. The third-order valence-electron chi connectivity index (χ3n) is 9.40. The Morgan fingerprint density at radius 3 is 2.23 bits per heavy atom. The molecule has 4 rings (SSSR count). The first-order valence-electron chi connectivity index (χ1n) is 16.4. The number of amides is 1. The van der Waals surface area contributed by atoms with Gasteiger partial charge < -0.3 is 9.47 Å². The minimum atomic E-state index is -2.26. The first-order chi connectivity index (χ1) is 22.2. The molecule has 12 nitrogen and oxygen atoms in total. The Balaban J connectivity index is 1.67. The molecular weight excluding hydrogens is 714 g/mol. The predicted octanol–water partition coefficient (Wildman–Crippen LogP) is 8.33. The molecule has 1 N–H and O–H groups in total. The summed E-state index contributed by atoms with van der Waals surface area (Å²) in [5, 5.41) is 2.72. The number of ether oxygens (including phenoxy) is 2. The fourth-order valence-corrected chi connectivity index (χ4v) is 5.91. The van der Waals surface area contributed by atoms with E-state index in [9.17, 15) is 4.79 Å². The summed E-state index contributed by atoms with van der Waals surface area (Å²) in [7, 11) is -4.44. The molecule has 0 bridgehead atoms. The third kappa shape index (κ3) is 9.10. The number of benzene rings is 1. The van der Waals surface area contributed by atoms with Crippen LogP contribution in [0.25, 0.3) is 11.2 Å². The summed E-state index contributed by atoms with van der Waals surface area (Å²) in [6.07, 6.45) is -1.17. The molecule has 48 heavy (non-hydrogen) atoms. The van der Waals surface area contributed by atoms with Gasteiger partial charge in [-0.1, -0.05) is 85.7 Å². The normalized spacial score (nSPS) is 19.3. The number of aromatic nitrogens is 4. The lowest BCUT2D eigenvalue weighted by Gasteiger charge is -2.36. The topological polar surface area (TPSA) is 128 Å². The summed E-state index contributed by atoms with van der Waals surface area (Å²) in [6, 6.07) is 9.75. The van der Waals surface area contributed by atoms with E-state index in [-0.39, 0.29) is 46.9 Å². The minimum Gasteiger partial charge on any atom is -0.471 e. The zero-order valence-electron chi connectivity index (χ0n) is 30.3. The number of imidazole rings is 1. The van der Waals surface area contributed by atoms with Gasteiger partial charge in [-0.25, -0.2) is 14.8 Å². The Labute approximate surface area is 294 Å². The highest BCUT2D eigenvalue weighted by atomic mass is 79.9. The summed E-state index contributed by atoms with van der Waals surface area (Å²) in [4.78, 5) is 38.8. The van der Waals surface area contributed by atoms with Crippen LogP contribution < -0.4 is 10.1 Å². The number of carbonyl (C=O) groups is 1. The number of halogens is 1. The summed E-state index contributed by atoms with van der Waals surface area (Å²) < 4.78 is 27.3. The summed E-state index contributed by atoms with van der Waals surface area (Å²) in [5.41, 5.74) is 1.80. The van der Waals surface area contributed by atoms with Crippen molar-refractivity contribution in [2.45, 2.75) is 123 Å². The van der Waals surface area contributed by atoms with Gasteiger partial charge in [-0.2, -0.15) is 9.97 Å². The quantitative estimate of drug-likeness (QED) is 0.0785. The second-order valence-electron chi connectivity index (χ2n) is 15.7. The van der Waals surface area contributed by atoms with Gasteiger partial charge in [-0.15, -0.1) is 0 Å². The van der Waals surface area contributed by atoms with Crippen molar-refractivity contribution in [3.63, 3.8) is 0 Å². The van der Waals surface area contributed by atoms with Crippen molar-refractivity contribution in [3.8, 4) is 5.88 Å². The average molecular weight is 767 g/mol. The number of anilines is 1. The minimum absolute atomic E-state index is 0.0311. The number of nitrogens with zero attached hydrogens (tertiary/aromatic N) is 4. The predicted molar refractivity (Wildman–Crippen MR) is 193 cm³/mol. The van der Waals surface area contributed by atoms with Crippen molar-refractivity contribution in [2.24, 2.45) is 5.92 Å². The molecule has 3 aromatic rings. The molecular formula is C33H52BrN5O7Si2. The lowest BCUT2D eigenvalue weighted by molar-refractivity contribution is -0.290. The van der Waals surface area contributed by atoms with Gasteiger partial charge >= 0.3 is 0 Å². The van der Waals surface area contributed by atoms with Gasteiger partial charge in [0.05, 0.1) is 0 Å². The standard InChI is InChI=1S/C33H52BrN5O7Si2/c1-21(2)28(40)37-31-36-27-26(29(38-31)41-19-22-16-14-13-15-17-22)35-30(34)39(27)25-18-23(44-46-48(11,12)33(6,7)8)24(43-25)20-42-45-47(9,10)32(3,4)5/h13-17,21,23-25H,18-20H2,1-12H3,(H,36,37,38,40)/t23-,24+,25+/m0/s1. The van der Waals surface area contributed by atoms with E-state index in [0.29, 0.717) is 22.3 Å². The van der Waals surface area contributed by atoms with E-state index in [1.807, 2.05) is 34.9 Å². The van der Waals surface area contributed by atoms with Crippen molar-refractivity contribution < 1.29 is 33.2 Å². The lowest BCUT2D eigenvalue weighted by Crippen LogP contribution is -2.44. The second-order valence-corrected chi connectivity index (χ2v) is 25.7. The van der Waals surface area contributed by atoms with Crippen LogP contribution in [0.1, 0.15) is 73.6 Å². The maximum Gasteiger partial charge on any atom is 0.247 e. The number of carbonyl (C=O) groups excluding carboxylic acids is 1. The molecule has 1 aliphatic heterocycles. The van der Waals surface area contributed by atoms with Crippen molar-refractivity contribution >= 4 is 55.6 Å². The van der Waals surface area contributed by atoms with Gasteiger partial charge in [0.15, 0.2) is 15.9 Å². The zero-order chi connectivity index (χ0) is 35.7. The smallest absolute Gasteiger partial charge is 0.247 e. The molecule has 1 fully saturated rings. The van der Waals surface area contributed by atoms with Gasteiger partial charge in [0, 0.05) is 12.3 Å². The number of rotatable bonds is 13. The van der Waals surface area contributed by atoms with Crippen LogP contribution in [-0.2, 0) is 35.1 Å². The summed E-state index contributed by atoms with van der Waals surface area (Å²) in [6.45, 7) is 25.5. The van der Waals surface area contributed by atoms with Crippen LogP contribution in [0.15, 0.2) is 35.1 Å². The molecule has 1 aliphatic rings. The Kier molecular flexibility index (Phi) is 12.0. The van der Waals surface area contributed by atoms with Gasteiger partial charge in [0.2, 0.25) is 34.4 Å². The van der Waals surface area contributed by atoms with E-state index in [1.165, 1.54) is 0 Å². The van der Waals surface area contributed by atoms with Crippen LogP contribution in [-0.4, -0.2) is 60.9 Å². The monoisotopic (exact) mass is 765 g/mol. The van der Waals surface area contributed by atoms with Crippen molar-refractivity contribution in [3.05, 3.63) is 40.6 Å². The van der Waals surface area contributed by atoms with Crippen LogP contribution in [0, 0.1) is 5.92 Å². The highest BCUT2D eigenvalue weighted by Gasteiger charge is 2.45. The molecule has 0 saturated carbocycles. The van der Waals surface area contributed by atoms with E-state index in [0.717, 1.165) is 5.56 Å². The Hall–Kier alpha value is -2.25. The Morgan fingerprint density at radius 2 is 1.62 bits per heavy atom. The molecule has 0 unspecified atom stereocenters. The zero-order valence-corrected chi connectivity index (χ0v) is 33.9. The molecule has 0 spiro atoms. The van der Waals surface area contributed by atoms with Crippen molar-refractivity contribution in [2.75, 3.05) is 11.9 Å². The molecule has 1 amide bonds. The Bertz CT molecular complexity index is 1560. The first kappa shape index (κ1) is 38.6. The molecule has 1 saturated heterocycles. The number of hydrogen-bond donors (Lipinski definition) is 1. The van der Waals surface area contributed by atoms with E-state index in [1.54, 1.807) is 13.8 Å². The highest BCUT2D eigenvalue weighted by molar-refractivity contribution is 9.10. The van der Waals surface area contributed by atoms with E-state index < -0.39 is 35.1 Å². The van der Waals surface area contributed by atoms with E-state index >= 15 is 0 Å². The Morgan fingerprint density at radius 1 is 1.00 bits per heavy atom. The van der Waals surface area contributed by atoms with Gasteiger partial charge in [0.25, 0.3) is 0 Å². The molecule has 15 heteroatoms. The largest absolute Gasteiger partial charge is 0.471 e. The van der Waals surface area contributed by atoms with Gasteiger partial charge in [0.1, 0.15) is 31.6 Å². The number of hydrogen-bond acceptors (Lipinski definition) is 10. The van der Waals surface area contributed by atoms with Crippen LogP contribution >= 0.6 is 15.9 Å². The fraction of sp³-hybridized carbons (Fsp3) is 0.636. The number of nitrogens with one attached hydrogen (secondary N) is 1. The van der Waals surface area contributed by atoms with Crippen molar-refractivity contribution in [1.82, 2.24) is 19.5 Å². The van der Waals surface area contributed by atoms with Crippen LogP contribution in [0.2, 0.25) is 36.3 Å². The van der Waals surface area contributed by atoms with E-state index in [4.69, 9.17) is 38.4 Å². The maximum absolute atomic E-state index is 12.7.